The molecule has 0 bridgehead atoms. The van der Waals surface area contributed by atoms with Gasteiger partial charge in [0.1, 0.15) is 0 Å². The summed E-state index contributed by atoms with van der Waals surface area (Å²) in [6.07, 6.45) is 22.1. The molecule has 0 saturated carbocycles. The number of benzene rings is 4. The lowest BCUT2D eigenvalue weighted by molar-refractivity contribution is 0.596. The van der Waals surface area contributed by atoms with E-state index in [4.69, 9.17) is 0 Å². The van der Waals surface area contributed by atoms with Gasteiger partial charge in [-0.15, -0.1) is 22.7 Å². The second kappa shape index (κ2) is 21.3. The molecule has 57 heavy (non-hydrogen) atoms. The van der Waals surface area contributed by atoms with Crippen molar-refractivity contribution in [3.05, 3.63) is 76.5 Å². The standard InChI is InChI=1S/C48H58Br4O2S3/c1-5-9-13-17-21-31-29-39-41(35-25-27-37(49)33(45(35)55-39)23-19-15-11-7-3)47(43(31)51)57(53,54)48-42-36-26-28-38(50)34(24-20-16-12-8-4)46(36)56-40(42)30-32(44(48)52)22-18-14-10-6-2/h25-30H,5-24H2,1-4H3. The van der Waals surface area contributed by atoms with Crippen molar-refractivity contribution in [3.63, 3.8) is 0 Å². The second-order valence-corrected chi connectivity index (χ2v) is 23.1. The molecular weight excluding hydrogens is 1020 g/mol. The van der Waals surface area contributed by atoms with E-state index in [0.29, 0.717) is 9.79 Å². The summed E-state index contributed by atoms with van der Waals surface area (Å²) in [4.78, 5) is 0.856. The van der Waals surface area contributed by atoms with Gasteiger partial charge in [0.2, 0.25) is 9.84 Å². The Labute approximate surface area is 383 Å². The van der Waals surface area contributed by atoms with Crippen LogP contribution >= 0.6 is 86.4 Å². The monoisotopic (exact) mass is 1080 g/mol. The summed E-state index contributed by atoms with van der Waals surface area (Å²) in [5.74, 6) is 0. The number of halogens is 4. The molecule has 0 radical (unpaired) electrons. The average molecular weight is 1080 g/mol. The summed E-state index contributed by atoms with van der Waals surface area (Å²) in [7, 11) is -4.09. The highest BCUT2D eigenvalue weighted by Gasteiger charge is 2.34. The first-order chi connectivity index (χ1) is 27.6. The van der Waals surface area contributed by atoms with Gasteiger partial charge in [-0.2, -0.15) is 0 Å². The predicted octanol–water partition coefficient (Wildman–Crippen LogP) is 18.8. The first-order valence-corrected chi connectivity index (χ1v) is 27.8. The third-order valence-corrected chi connectivity index (χ3v) is 19.7. The molecule has 2 nitrogen and oxygen atoms in total. The topological polar surface area (TPSA) is 34.1 Å². The van der Waals surface area contributed by atoms with Crippen LogP contribution in [0.3, 0.4) is 0 Å². The molecule has 6 aromatic rings. The van der Waals surface area contributed by atoms with Crippen molar-refractivity contribution in [3.8, 4) is 0 Å². The molecule has 0 amide bonds. The van der Waals surface area contributed by atoms with Crippen LogP contribution < -0.4 is 0 Å². The van der Waals surface area contributed by atoms with E-state index in [0.717, 1.165) is 137 Å². The number of hydrogen-bond acceptors (Lipinski definition) is 4. The van der Waals surface area contributed by atoms with Gasteiger partial charge in [-0.05, 0) is 130 Å². The van der Waals surface area contributed by atoms with Crippen LogP contribution in [-0.2, 0) is 35.5 Å². The van der Waals surface area contributed by atoms with Crippen molar-refractivity contribution < 1.29 is 8.42 Å². The molecule has 6 rings (SSSR count). The molecule has 0 aliphatic rings. The van der Waals surface area contributed by atoms with Crippen LogP contribution in [0.4, 0.5) is 0 Å². The minimum absolute atomic E-state index is 0.428. The quantitative estimate of drug-likeness (QED) is 0.0635. The Morgan fingerprint density at radius 1 is 0.474 bits per heavy atom. The van der Waals surface area contributed by atoms with Crippen molar-refractivity contribution >= 4 is 137 Å². The van der Waals surface area contributed by atoms with E-state index >= 15 is 8.42 Å². The van der Waals surface area contributed by atoms with Crippen LogP contribution in [0.25, 0.3) is 40.3 Å². The van der Waals surface area contributed by atoms with Gasteiger partial charge < -0.3 is 0 Å². The molecule has 0 N–H and O–H groups in total. The van der Waals surface area contributed by atoms with Crippen molar-refractivity contribution in [1.82, 2.24) is 0 Å². The number of sulfone groups is 1. The van der Waals surface area contributed by atoms with E-state index in [9.17, 15) is 0 Å². The van der Waals surface area contributed by atoms with Gasteiger partial charge in [0.25, 0.3) is 0 Å². The van der Waals surface area contributed by atoms with Gasteiger partial charge in [0, 0.05) is 58.2 Å². The van der Waals surface area contributed by atoms with E-state index in [-0.39, 0.29) is 0 Å². The number of fused-ring (bicyclic) bond motifs is 6. The number of hydrogen-bond donors (Lipinski definition) is 0. The fraction of sp³-hybridized carbons (Fsp3) is 0.500. The molecule has 0 fully saturated rings. The van der Waals surface area contributed by atoms with Gasteiger partial charge in [-0.1, -0.05) is 149 Å². The smallest absolute Gasteiger partial charge is 0.210 e. The fourth-order valence-electron chi connectivity index (χ4n) is 8.43. The van der Waals surface area contributed by atoms with Gasteiger partial charge in [-0.3, -0.25) is 0 Å². The van der Waals surface area contributed by atoms with E-state index < -0.39 is 9.84 Å². The van der Waals surface area contributed by atoms with Crippen LogP contribution in [-0.4, -0.2) is 8.42 Å². The zero-order valence-electron chi connectivity index (χ0n) is 34.2. The molecule has 2 heterocycles. The van der Waals surface area contributed by atoms with Gasteiger partial charge in [-0.25, -0.2) is 8.42 Å². The lowest BCUT2D eigenvalue weighted by Crippen LogP contribution is -2.08. The predicted molar refractivity (Wildman–Crippen MR) is 266 cm³/mol. The van der Waals surface area contributed by atoms with Crippen LogP contribution in [0.1, 0.15) is 153 Å². The second-order valence-electron chi connectivity index (χ2n) is 15.9. The van der Waals surface area contributed by atoms with Crippen LogP contribution in [0.2, 0.25) is 0 Å². The molecule has 0 spiro atoms. The number of thiophene rings is 2. The summed E-state index contributed by atoms with van der Waals surface area (Å²) in [6.45, 7) is 8.98. The largest absolute Gasteiger partial charge is 0.218 e. The SMILES string of the molecule is CCCCCCc1cc2sc3c(CCCCCC)c(Br)ccc3c2c(S(=O)(=O)c2c(Br)c(CCCCCC)cc3sc4c(CCCCCC)c(Br)ccc4c23)c1Br. The molecule has 308 valence electrons. The molecular formula is C48H58Br4O2S3. The summed E-state index contributed by atoms with van der Waals surface area (Å²) < 4.78 is 40.5. The number of rotatable bonds is 22. The molecule has 2 aromatic heterocycles. The summed E-state index contributed by atoms with van der Waals surface area (Å²) in [5.41, 5.74) is 4.77. The Balaban J connectivity index is 1.65. The van der Waals surface area contributed by atoms with E-state index in [1.807, 2.05) is 0 Å². The fourth-order valence-corrected chi connectivity index (χ4v) is 16.8. The normalized spacial score (nSPS) is 12.4. The van der Waals surface area contributed by atoms with Crippen molar-refractivity contribution in [1.29, 1.82) is 0 Å². The Morgan fingerprint density at radius 3 is 1.18 bits per heavy atom. The van der Waals surface area contributed by atoms with Crippen LogP contribution in [0, 0.1) is 0 Å². The van der Waals surface area contributed by atoms with Crippen molar-refractivity contribution in [2.75, 3.05) is 0 Å². The Morgan fingerprint density at radius 2 is 0.825 bits per heavy atom. The van der Waals surface area contributed by atoms with E-state index in [2.05, 4.69) is 128 Å². The summed E-state index contributed by atoms with van der Waals surface area (Å²) in [6, 6.07) is 13.2. The summed E-state index contributed by atoms with van der Waals surface area (Å²) in [5, 5.41) is 3.79. The molecule has 0 aliphatic heterocycles. The third-order valence-electron chi connectivity index (χ3n) is 11.6. The zero-order valence-corrected chi connectivity index (χ0v) is 43.0. The maximum absolute atomic E-state index is 16.2. The minimum atomic E-state index is -4.09. The average Bonchev–Trinajstić information content (AvgIpc) is 3.74. The van der Waals surface area contributed by atoms with E-state index in [1.54, 1.807) is 22.7 Å². The third kappa shape index (κ3) is 9.96. The van der Waals surface area contributed by atoms with Crippen LogP contribution in [0.15, 0.2) is 64.1 Å². The minimum Gasteiger partial charge on any atom is -0.218 e. The highest BCUT2D eigenvalue weighted by molar-refractivity contribution is 9.11. The van der Waals surface area contributed by atoms with Gasteiger partial charge in [0.05, 0.1) is 9.79 Å². The lowest BCUT2D eigenvalue weighted by Gasteiger charge is -2.18. The number of unbranched alkanes of at least 4 members (excludes halogenated alkanes) is 12. The zero-order chi connectivity index (χ0) is 40.7. The summed E-state index contributed by atoms with van der Waals surface area (Å²) >= 11 is 19.4. The highest BCUT2D eigenvalue weighted by atomic mass is 79.9. The Kier molecular flexibility index (Phi) is 17.1. The van der Waals surface area contributed by atoms with Gasteiger partial charge in [0.15, 0.2) is 0 Å². The molecule has 0 aliphatic carbocycles. The lowest BCUT2D eigenvalue weighted by atomic mass is 10.0. The van der Waals surface area contributed by atoms with Crippen LogP contribution in [0.5, 0.6) is 0 Å². The molecule has 0 atom stereocenters. The van der Waals surface area contributed by atoms with Gasteiger partial charge >= 0.3 is 0 Å². The molecule has 0 saturated heterocycles. The first-order valence-electron chi connectivity index (χ1n) is 21.5. The molecule has 0 unspecified atom stereocenters. The Bertz CT molecular complexity index is 2280. The van der Waals surface area contributed by atoms with E-state index in [1.165, 1.54) is 71.9 Å². The number of aryl methyl sites for hydroxylation is 4. The van der Waals surface area contributed by atoms with Crippen molar-refractivity contribution in [2.24, 2.45) is 0 Å². The molecule has 9 heteroatoms. The van der Waals surface area contributed by atoms with Crippen molar-refractivity contribution in [2.45, 2.75) is 166 Å². The maximum Gasteiger partial charge on any atom is 0.210 e. The maximum atomic E-state index is 16.2. The highest BCUT2D eigenvalue weighted by Crippen LogP contribution is 2.51. The first kappa shape index (κ1) is 45.7. The molecule has 4 aromatic carbocycles. The Hall–Kier alpha value is -0.810.